The van der Waals surface area contributed by atoms with Gasteiger partial charge in [0.15, 0.2) is 5.78 Å². The van der Waals surface area contributed by atoms with Gasteiger partial charge in [-0.25, -0.2) is 0 Å². The van der Waals surface area contributed by atoms with Crippen molar-refractivity contribution in [2.75, 3.05) is 6.54 Å². The molecular weight excluding hydrogens is 234 g/mol. The van der Waals surface area contributed by atoms with Gasteiger partial charge in [0.1, 0.15) is 6.10 Å². The summed E-state index contributed by atoms with van der Waals surface area (Å²) in [5.41, 5.74) is 9.16. The maximum atomic E-state index is 11.4. The summed E-state index contributed by atoms with van der Waals surface area (Å²) in [5.74, 6) is 0.0191. The summed E-state index contributed by atoms with van der Waals surface area (Å²) in [6.45, 7) is 1.57. The number of Topliss-reactive ketones (excluding diaryl/α,β-unsaturated/α-hetero) is 1. The quantitative estimate of drug-likeness (QED) is 0.348. The van der Waals surface area contributed by atoms with Crippen LogP contribution in [0.15, 0.2) is 29.4 Å². The zero-order valence-corrected chi connectivity index (χ0v) is 10.0. The van der Waals surface area contributed by atoms with Crippen LogP contribution >= 0.6 is 0 Å². The third-order valence-electron chi connectivity index (χ3n) is 2.59. The molecule has 0 saturated carbocycles. The highest BCUT2D eigenvalue weighted by atomic mass is 16.3. The van der Waals surface area contributed by atoms with E-state index >= 15 is 0 Å². The lowest BCUT2D eigenvalue weighted by molar-refractivity contribution is 0.0244. The Labute approximate surface area is 105 Å². The molecule has 1 aromatic carbocycles. The molecule has 0 bridgehead atoms. The van der Waals surface area contributed by atoms with Crippen molar-refractivity contribution in [3.8, 4) is 0 Å². The van der Waals surface area contributed by atoms with Crippen molar-refractivity contribution in [1.29, 1.82) is 0 Å². The molecule has 0 aliphatic heterocycles. The van der Waals surface area contributed by atoms with E-state index in [0.717, 1.165) is 0 Å². The number of aliphatic hydroxyl groups excluding tert-OH is 2. The molecule has 6 heteroatoms. The molecule has 0 radical (unpaired) electrons. The number of ketones is 1. The van der Waals surface area contributed by atoms with E-state index in [4.69, 9.17) is 5.53 Å². The van der Waals surface area contributed by atoms with Crippen LogP contribution in [0, 0.1) is 0 Å². The van der Waals surface area contributed by atoms with E-state index in [2.05, 4.69) is 10.0 Å². The molecule has 0 saturated heterocycles. The predicted molar refractivity (Wildman–Crippen MR) is 66.0 cm³/mol. The Bertz CT molecular complexity index is 452. The fourth-order valence-electron chi connectivity index (χ4n) is 1.51. The molecule has 6 nitrogen and oxygen atoms in total. The molecule has 2 atom stereocenters. The number of azide groups is 1. The number of benzene rings is 1. The topological polar surface area (TPSA) is 106 Å². The van der Waals surface area contributed by atoms with Crippen LogP contribution in [0.4, 0.5) is 0 Å². The number of nitrogens with zero attached hydrogens (tertiary/aromatic N) is 3. The van der Waals surface area contributed by atoms with E-state index in [1.807, 2.05) is 0 Å². The Hall–Kier alpha value is -1.88. The molecule has 0 aliphatic carbocycles. The van der Waals surface area contributed by atoms with Crippen LogP contribution in [0.5, 0.6) is 0 Å². The van der Waals surface area contributed by atoms with Crippen LogP contribution < -0.4 is 0 Å². The zero-order chi connectivity index (χ0) is 13.5. The third-order valence-corrected chi connectivity index (χ3v) is 2.59. The molecular formula is C12H15N3O3. The van der Waals surface area contributed by atoms with Gasteiger partial charge in [-0.1, -0.05) is 36.3 Å². The maximum Gasteiger partial charge on any atom is 0.162 e. The average molecular weight is 249 g/mol. The van der Waals surface area contributed by atoms with Gasteiger partial charge in [-0.3, -0.25) is 4.79 Å². The van der Waals surface area contributed by atoms with Gasteiger partial charge in [-0.15, -0.1) is 0 Å². The highest BCUT2D eigenvalue weighted by molar-refractivity contribution is 5.95. The van der Waals surface area contributed by atoms with Crippen LogP contribution in [-0.2, 0) is 0 Å². The molecule has 96 valence electrons. The average Bonchev–Trinajstić information content (AvgIpc) is 2.43. The van der Waals surface area contributed by atoms with Gasteiger partial charge < -0.3 is 10.2 Å². The zero-order valence-electron chi connectivity index (χ0n) is 10.0. The highest BCUT2D eigenvalue weighted by Crippen LogP contribution is 2.18. The molecule has 2 N–H and O–H groups in total. The van der Waals surface area contributed by atoms with Gasteiger partial charge in [-0.2, -0.15) is 0 Å². The SMILES string of the molecule is CCC(=O)c1ccc(C(O)C(O)CN=[N+]=[N-])cc1. The van der Waals surface area contributed by atoms with Crippen molar-refractivity contribution in [1.82, 2.24) is 0 Å². The molecule has 1 aromatic rings. The number of carbonyl (C=O) groups is 1. The van der Waals surface area contributed by atoms with E-state index in [1.165, 1.54) is 0 Å². The van der Waals surface area contributed by atoms with Crippen LogP contribution in [0.1, 0.15) is 35.4 Å². The minimum Gasteiger partial charge on any atom is -0.390 e. The first-order valence-corrected chi connectivity index (χ1v) is 5.60. The summed E-state index contributed by atoms with van der Waals surface area (Å²) >= 11 is 0. The van der Waals surface area contributed by atoms with Crippen molar-refractivity contribution in [3.05, 3.63) is 45.8 Å². The van der Waals surface area contributed by atoms with Crippen molar-refractivity contribution in [2.24, 2.45) is 5.11 Å². The molecule has 0 aliphatic rings. The first kappa shape index (κ1) is 14.2. The Morgan fingerprint density at radius 2 is 2.00 bits per heavy atom. The number of hydrogen-bond donors (Lipinski definition) is 2. The van der Waals surface area contributed by atoms with Crippen molar-refractivity contribution in [3.63, 3.8) is 0 Å². The lowest BCUT2D eigenvalue weighted by atomic mass is 10.0. The third kappa shape index (κ3) is 3.56. The first-order chi connectivity index (χ1) is 8.60. The van der Waals surface area contributed by atoms with E-state index in [9.17, 15) is 15.0 Å². The van der Waals surface area contributed by atoms with Crippen molar-refractivity contribution in [2.45, 2.75) is 25.6 Å². The van der Waals surface area contributed by atoms with E-state index in [0.29, 0.717) is 17.5 Å². The summed E-state index contributed by atoms with van der Waals surface area (Å²) in [7, 11) is 0. The second-order valence-electron chi connectivity index (χ2n) is 3.82. The molecule has 0 aromatic heterocycles. The van der Waals surface area contributed by atoms with Crippen LogP contribution in [0.25, 0.3) is 10.4 Å². The summed E-state index contributed by atoms with van der Waals surface area (Å²) in [5, 5.41) is 22.5. The Morgan fingerprint density at radius 3 is 2.50 bits per heavy atom. The highest BCUT2D eigenvalue weighted by Gasteiger charge is 2.17. The summed E-state index contributed by atoms with van der Waals surface area (Å²) in [6, 6.07) is 6.36. The summed E-state index contributed by atoms with van der Waals surface area (Å²) in [6.07, 6.45) is -1.88. The van der Waals surface area contributed by atoms with Gasteiger partial charge in [-0.05, 0) is 11.1 Å². The minimum atomic E-state index is -1.16. The first-order valence-electron chi connectivity index (χ1n) is 5.60. The van der Waals surface area contributed by atoms with Gasteiger partial charge in [0, 0.05) is 16.9 Å². The van der Waals surface area contributed by atoms with Gasteiger partial charge >= 0.3 is 0 Å². The molecule has 1 rings (SSSR count). The van der Waals surface area contributed by atoms with Crippen molar-refractivity contribution < 1.29 is 15.0 Å². The fourth-order valence-corrected chi connectivity index (χ4v) is 1.51. The largest absolute Gasteiger partial charge is 0.390 e. The standard InChI is InChI=1S/C12H15N3O3/c1-2-10(16)8-3-5-9(6-4-8)12(18)11(17)7-14-15-13/h3-6,11-12,17-18H,2,7H2,1H3. The van der Waals surface area contributed by atoms with Crippen LogP contribution in [-0.4, -0.2) is 28.6 Å². The number of hydrogen-bond acceptors (Lipinski definition) is 4. The fraction of sp³-hybridized carbons (Fsp3) is 0.417. The predicted octanol–water partition coefficient (Wildman–Crippen LogP) is 1.98. The van der Waals surface area contributed by atoms with Gasteiger partial charge in [0.05, 0.1) is 12.6 Å². The van der Waals surface area contributed by atoms with Crippen LogP contribution in [0.2, 0.25) is 0 Å². The van der Waals surface area contributed by atoms with Gasteiger partial charge in [0.2, 0.25) is 0 Å². The monoisotopic (exact) mass is 249 g/mol. The Balaban J connectivity index is 2.78. The lowest BCUT2D eigenvalue weighted by Gasteiger charge is -2.16. The smallest absolute Gasteiger partial charge is 0.162 e. The minimum absolute atomic E-state index is 0.0191. The molecule has 0 heterocycles. The molecule has 2 unspecified atom stereocenters. The lowest BCUT2D eigenvalue weighted by Crippen LogP contribution is -2.21. The Morgan fingerprint density at radius 1 is 1.39 bits per heavy atom. The van der Waals surface area contributed by atoms with Crippen molar-refractivity contribution >= 4 is 5.78 Å². The molecule has 18 heavy (non-hydrogen) atoms. The normalized spacial score (nSPS) is 13.5. The Kier molecular flexibility index (Phi) is 5.32. The maximum absolute atomic E-state index is 11.4. The second kappa shape index (κ2) is 6.76. The number of rotatable bonds is 6. The number of aliphatic hydroxyl groups is 2. The molecule has 0 fully saturated rings. The van der Waals surface area contributed by atoms with E-state index in [-0.39, 0.29) is 12.3 Å². The second-order valence-corrected chi connectivity index (χ2v) is 3.82. The summed E-state index contributed by atoms with van der Waals surface area (Å²) in [4.78, 5) is 13.9. The summed E-state index contributed by atoms with van der Waals surface area (Å²) < 4.78 is 0. The number of carbonyl (C=O) groups excluding carboxylic acids is 1. The van der Waals surface area contributed by atoms with E-state index < -0.39 is 12.2 Å². The molecule has 0 spiro atoms. The van der Waals surface area contributed by atoms with Gasteiger partial charge in [0.25, 0.3) is 0 Å². The van der Waals surface area contributed by atoms with Crippen LogP contribution in [0.3, 0.4) is 0 Å². The van der Waals surface area contributed by atoms with E-state index in [1.54, 1.807) is 31.2 Å². The molecule has 0 amide bonds.